The Hall–Kier alpha value is -2.83. The molecule has 0 aliphatic carbocycles. The summed E-state index contributed by atoms with van der Waals surface area (Å²) < 4.78 is 34.0. The molecular formula is C50H82O14. The largest absolute Gasteiger partial charge is 0.457 e. The van der Waals surface area contributed by atoms with Gasteiger partial charge in [-0.1, -0.05) is 137 Å². The van der Waals surface area contributed by atoms with E-state index in [9.17, 15) is 40.5 Å². The van der Waals surface area contributed by atoms with Crippen LogP contribution in [0.3, 0.4) is 0 Å². The maximum absolute atomic E-state index is 12.9. The molecule has 0 bridgehead atoms. The molecule has 14 heteroatoms. The van der Waals surface area contributed by atoms with Gasteiger partial charge in [0, 0.05) is 6.61 Å². The summed E-state index contributed by atoms with van der Waals surface area (Å²) in [6.07, 6.45) is 29.6. The van der Waals surface area contributed by atoms with Gasteiger partial charge in [0.2, 0.25) is 0 Å². The number of hydrogen-bond donors (Lipinski definition) is 7. The SMILES string of the molecule is CC/C=C\C/C=C\C/C=C\C/C=C\C/C=C\CC(=O)OC(COCCCCCCCC/C=C\C/C=C\CCCC)COC1OC(COC2OC(CO)C(O)C(O)C2O)C(O)C(O)C1O. The lowest BCUT2D eigenvalue weighted by molar-refractivity contribution is -0.332. The van der Waals surface area contributed by atoms with Crippen molar-refractivity contribution in [3.05, 3.63) is 85.1 Å². The van der Waals surface area contributed by atoms with Crippen molar-refractivity contribution in [2.45, 2.75) is 191 Å². The maximum Gasteiger partial charge on any atom is 0.310 e. The summed E-state index contributed by atoms with van der Waals surface area (Å²) in [5.74, 6) is -0.511. The predicted molar refractivity (Wildman–Crippen MR) is 247 cm³/mol. The zero-order chi connectivity index (χ0) is 46.6. The molecule has 7 N–H and O–H groups in total. The fourth-order valence-corrected chi connectivity index (χ4v) is 6.79. The molecule has 0 saturated carbocycles. The number of carbonyl (C=O) groups excluding carboxylic acids is 1. The maximum atomic E-state index is 12.9. The van der Waals surface area contributed by atoms with Gasteiger partial charge in [-0.25, -0.2) is 0 Å². The van der Waals surface area contributed by atoms with Crippen molar-refractivity contribution in [2.75, 3.05) is 33.0 Å². The molecule has 0 aromatic heterocycles. The van der Waals surface area contributed by atoms with E-state index in [0.717, 1.165) is 70.6 Å². The fourth-order valence-electron chi connectivity index (χ4n) is 6.79. The van der Waals surface area contributed by atoms with Crippen molar-refractivity contribution in [2.24, 2.45) is 0 Å². The molecule has 14 nitrogen and oxygen atoms in total. The van der Waals surface area contributed by atoms with E-state index in [2.05, 4.69) is 80.7 Å². The topological polar surface area (TPSA) is 214 Å². The molecule has 64 heavy (non-hydrogen) atoms. The van der Waals surface area contributed by atoms with Gasteiger partial charge in [0.05, 0.1) is 32.8 Å². The van der Waals surface area contributed by atoms with Crippen LogP contribution in [0.4, 0.5) is 0 Å². The molecule has 0 aromatic rings. The van der Waals surface area contributed by atoms with Crippen molar-refractivity contribution in [1.29, 1.82) is 0 Å². The normalized spacial score (nSPS) is 27.5. The second-order valence-corrected chi connectivity index (χ2v) is 16.2. The van der Waals surface area contributed by atoms with Gasteiger partial charge in [0.15, 0.2) is 12.6 Å². The van der Waals surface area contributed by atoms with Crippen LogP contribution in [0, 0.1) is 0 Å². The first-order valence-corrected chi connectivity index (χ1v) is 23.7. The van der Waals surface area contributed by atoms with E-state index < -0.39 is 86.7 Å². The lowest BCUT2D eigenvalue weighted by atomic mass is 9.98. The number of esters is 1. The van der Waals surface area contributed by atoms with Gasteiger partial charge in [0.25, 0.3) is 0 Å². The number of ether oxygens (including phenoxy) is 6. The summed E-state index contributed by atoms with van der Waals surface area (Å²) in [5.41, 5.74) is 0. The van der Waals surface area contributed by atoms with Gasteiger partial charge < -0.3 is 64.2 Å². The molecule has 0 spiro atoms. The average Bonchev–Trinajstić information content (AvgIpc) is 3.29. The van der Waals surface area contributed by atoms with Gasteiger partial charge in [-0.15, -0.1) is 0 Å². The van der Waals surface area contributed by atoms with Crippen LogP contribution in [-0.2, 0) is 33.2 Å². The van der Waals surface area contributed by atoms with Crippen LogP contribution < -0.4 is 0 Å². The first-order valence-electron chi connectivity index (χ1n) is 23.7. The molecule has 11 unspecified atom stereocenters. The monoisotopic (exact) mass is 907 g/mol. The first kappa shape index (κ1) is 57.3. The number of unbranched alkanes of at least 4 members (excludes halogenated alkanes) is 8. The summed E-state index contributed by atoms with van der Waals surface area (Å²) in [6.45, 7) is 3.34. The van der Waals surface area contributed by atoms with E-state index in [4.69, 9.17) is 28.4 Å². The van der Waals surface area contributed by atoms with Crippen LogP contribution in [0.25, 0.3) is 0 Å². The Bertz CT molecular complexity index is 1380. The molecule has 2 aliphatic rings. The zero-order valence-electron chi connectivity index (χ0n) is 38.5. The van der Waals surface area contributed by atoms with Crippen molar-refractivity contribution >= 4 is 5.97 Å². The number of allylic oxidation sites excluding steroid dienone is 13. The third kappa shape index (κ3) is 25.2. The highest BCUT2D eigenvalue weighted by Crippen LogP contribution is 2.26. The van der Waals surface area contributed by atoms with Gasteiger partial charge in [-0.2, -0.15) is 0 Å². The Morgan fingerprint density at radius 3 is 1.59 bits per heavy atom. The minimum Gasteiger partial charge on any atom is -0.457 e. The van der Waals surface area contributed by atoms with Gasteiger partial charge in [-0.3, -0.25) is 4.79 Å². The summed E-state index contributed by atoms with van der Waals surface area (Å²) >= 11 is 0. The number of rotatable bonds is 35. The predicted octanol–water partition coefficient (Wildman–Crippen LogP) is 6.12. The molecule has 2 rings (SSSR count). The molecule has 2 fully saturated rings. The molecule has 2 saturated heterocycles. The Balaban J connectivity index is 1.85. The van der Waals surface area contributed by atoms with Crippen molar-refractivity contribution in [3.8, 4) is 0 Å². The standard InChI is InChI=1S/C50H82O14/c1-3-5-7-9-11-13-15-17-19-21-23-25-27-29-31-33-42(52)62-39(36-59-34-32-30-28-26-24-22-20-18-16-14-12-10-8-6-4-2)37-60-49-48(58)46(56)44(54)41(64-49)38-61-50-47(57)45(55)43(53)40(35-51)63-50/h5,7,10-13,16-19,23,25,29,31,39-41,43-51,53-58H,3-4,6,8-9,14-15,20-22,24,26-28,30,32-38H2,1-2H3/b7-5-,12-10-,13-11-,18-16-,19-17-,25-23-,31-29-. The minimum atomic E-state index is -1.73. The first-order chi connectivity index (χ1) is 31.1. The molecule has 2 aliphatic heterocycles. The molecule has 11 atom stereocenters. The van der Waals surface area contributed by atoms with Crippen LogP contribution in [0.2, 0.25) is 0 Å². The molecule has 2 heterocycles. The quantitative estimate of drug-likeness (QED) is 0.0217. The molecule has 0 radical (unpaired) electrons. The van der Waals surface area contributed by atoms with Crippen molar-refractivity contribution in [1.82, 2.24) is 0 Å². The van der Waals surface area contributed by atoms with E-state index in [1.54, 1.807) is 6.08 Å². The highest BCUT2D eigenvalue weighted by atomic mass is 16.7. The van der Waals surface area contributed by atoms with E-state index in [0.29, 0.717) is 13.0 Å². The highest BCUT2D eigenvalue weighted by molar-refractivity contribution is 5.71. The molecule has 0 amide bonds. The van der Waals surface area contributed by atoms with Crippen molar-refractivity contribution < 1.29 is 69.0 Å². The van der Waals surface area contributed by atoms with Crippen molar-refractivity contribution in [3.63, 3.8) is 0 Å². The summed E-state index contributed by atoms with van der Waals surface area (Å²) in [6, 6.07) is 0. The third-order valence-electron chi connectivity index (χ3n) is 10.7. The third-order valence-corrected chi connectivity index (χ3v) is 10.7. The lowest BCUT2D eigenvalue weighted by Crippen LogP contribution is -2.61. The number of hydrogen-bond acceptors (Lipinski definition) is 14. The minimum absolute atomic E-state index is 0.00910. The Labute approximate surface area is 382 Å². The van der Waals surface area contributed by atoms with Gasteiger partial charge >= 0.3 is 5.97 Å². The van der Waals surface area contributed by atoms with E-state index in [1.165, 1.54) is 25.7 Å². The summed E-state index contributed by atoms with van der Waals surface area (Å²) in [4.78, 5) is 12.9. The highest BCUT2D eigenvalue weighted by Gasteiger charge is 2.47. The van der Waals surface area contributed by atoms with Crippen LogP contribution >= 0.6 is 0 Å². The Morgan fingerprint density at radius 2 is 1.02 bits per heavy atom. The zero-order valence-corrected chi connectivity index (χ0v) is 38.5. The summed E-state index contributed by atoms with van der Waals surface area (Å²) in [5, 5.41) is 72.0. The van der Waals surface area contributed by atoms with Crippen LogP contribution in [-0.4, -0.2) is 142 Å². The van der Waals surface area contributed by atoms with Gasteiger partial charge in [0.1, 0.15) is 54.9 Å². The number of aliphatic hydroxyl groups is 7. The molecular weight excluding hydrogens is 825 g/mol. The lowest BCUT2D eigenvalue weighted by Gasteiger charge is -2.42. The smallest absolute Gasteiger partial charge is 0.310 e. The second-order valence-electron chi connectivity index (χ2n) is 16.2. The Kier molecular flexibility index (Phi) is 33.4. The van der Waals surface area contributed by atoms with Crippen LogP contribution in [0.15, 0.2) is 85.1 Å². The average molecular weight is 907 g/mol. The summed E-state index contributed by atoms with van der Waals surface area (Å²) in [7, 11) is 0. The second kappa shape index (κ2) is 37.3. The van der Waals surface area contributed by atoms with E-state index in [1.807, 2.05) is 12.2 Å². The number of carbonyl (C=O) groups is 1. The van der Waals surface area contributed by atoms with Crippen LogP contribution in [0.1, 0.15) is 123 Å². The molecule has 366 valence electrons. The Morgan fingerprint density at radius 1 is 0.531 bits per heavy atom. The van der Waals surface area contributed by atoms with E-state index >= 15 is 0 Å². The van der Waals surface area contributed by atoms with Crippen LogP contribution in [0.5, 0.6) is 0 Å². The fraction of sp³-hybridized carbons (Fsp3) is 0.700. The van der Waals surface area contributed by atoms with E-state index in [-0.39, 0.29) is 19.6 Å². The van der Waals surface area contributed by atoms with Gasteiger partial charge in [-0.05, 0) is 64.2 Å². The molecule has 0 aromatic carbocycles. The number of aliphatic hydroxyl groups excluding tert-OH is 7.